The minimum Gasteiger partial charge on any atom is -0.399 e. The number of para-hydroxylation sites is 1. The Morgan fingerprint density at radius 1 is 1.17 bits per heavy atom. The molecule has 4 heteroatoms. The maximum atomic E-state index is 13.6. The molecule has 0 saturated carbocycles. The molecule has 2 rings (SSSR count). The van der Waals surface area contributed by atoms with Crippen LogP contribution in [0.25, 0.3) is 0 Å². The topological polar surface area (TPSA) is 46.3 Å². The van der Waals surface area contributed by atoms with Gasteiger partial charge in [0.1, 0.15) is 5.82 Å². The van der Waals surface area contributed by atoms with Crippen LogP contribution in [0.5, 0.6) is 0 Å². The molecule has 0 aromatic heterocycles. The molecule has 0 atom stereocenters. The summed E-state index contributed by atoms with van der Waals surface area (Å²) < 4.78 is 13.6. The van der Waals surface area contributed by atoms with Gasteiger partial charge >= 0.3 is 0 Å². The second kappa shape index (κ2) is 4.87. The van der Waals surface area contributed by atoms with Crippen LogP contribution in [0.2, 0.25) is 0 Å². The van der Waals surface area contributed by atoms with Crippen molar-refractivity contribution in [1.82, 2.24) is 0 Å². The van der Waals surface area contributed by atoms with Gasteiger partial charge in [-0.1, -0.05) is 18.2 Å². The van der Waals surface area contributed by atoms with E-state index in [2.05, 4.69) is 0 Å². The van der Waals surface area contributed by atoms with Crippen LogP contribution in [0, 0.1) is 5.82 Å². The number of nitrogens with two attached hydrogens (primary N) is 1. The van der Waals surface area contributed by atoms with Gasteiger partial charge in [0, 0.05) is 18.3 Å². The Morgan fingerprint density at radius 2 is 1.89 bits per heavy atom. The van der Waals surface area contributed by atoms with Crippen molar-refractivity contribution in [2.45, 2.75) is 0 Å². The first-order chi connectivity index (χ1) is 8.59. The molecule has 18 heavy (non-hydrogen) atoms. The van der Waals surface area contributed by atoms with E-state index in [1.54, 1.807) is 42.5 Å². The number of rotatable bonds is 2. The van der Waals surface area contributed by atoms with E-state index in [0.717, 1.165) is 0 Å². The molecule has 0 saturated heterocycles. The van der Waals surface area contributed by atoms with Gasteiger partial charge in [0.25, 0.3) is 5.91 Å². The number of anilines is 2. The van der Waals surface area contributed by atoms with Gasteiger partial charge in [-0.05, 0) is 30.3 Å². The normalized spacial score (nSPS) is 10.1. The monoisotopic (exact) mass is 244 g/mol. The number of halogens is 1. The Bertz CT molecular complexity index is 584. The van der Waals surface area contributed by atoms with Gasteiger partial charge in [-0.25, -0.2) is 4.39 Å². The largest absolute Gasteiger partial charge is 0.399 e. The Labute approximate surface area is 105 Å². The van der Waals surface area contributed by atoms with Crippen molar-refractivity contribution in [3.63, 3.8) is 0 Å². The van der Waals surface area contributed by atoms with Crippen molar-refractivity contribution in [2.24, 2.45) is 0 Å². The van der Waals surface area contributed by atoms with E-state index in [4.69, 9.17) is 5.73 Å². The van der Waals surface area contributed by atoms with Crippen LogP contribution < -0.4 is 10.6 Å². The fourth-order valence-electron chi connectivity index (χ4n) is 1.70. The third kappa shape index (κ3) is 2.32. The molecule has 0 radical (unpaired) electrons. The lowest BCUT2D eigenvalue weighted by Gasteiger charge is -2.18. The fraction of sp³-hybridized carbons (Fsp3) is 0.0714. The van der Waals surface area contributed by atoms with Crippen molar-refractivity contribution in [3.05, 3.63) is 59.9 Å². The van der Waals surface area contributed by atoms with Crippen LogP contribution in [-0.2, 0) is 0 Å². The number of carbonyl (C=O) groups is 1. The zero-order valence-electron chi connectivity index (χ0n) is 9.93. The highest BCUT2D eigenvalue weighted by molar-refractivity contribution is 6.06. The number of hydrogen-bond acceptors (Lipinski definition) is 2. The number of amides is 1. The van der Waals surface area contributed by atoms with Gasteiger partial charge in [0.15, 0.2) is 0 Å². The highest BCUT2D eigenvalue weighted by Gasteiger charge is 2.16. The SMILES string of the molecule is CN(C(=O)c1cccc(N)c1)c1ccccc1F. The highest BCUT2D eigenvalue weighted by Crippen LogP contribution is 2.19. The van der Waals surface area contributed by atoms with E-state index in [1.807, 2.05) is 0 Å². The maximum absolute atomic E-state index is 13.6. The summed E-state index contributed by atoms with van der Waals surface area (Å²) in [5.41, 5.74) is 6.79. The van der Waals surface area contributed by atoms with Crippen LogP contribution in [-0.4, -0.2) is 13.0 Å². The Kier molecular flexibility index (Phi) is 3.28. The molecule has 92 valence electrons. The van der Waals surface area contributed by atoms with Crippen LogP contribution in [0.1, 0.15) is 10.4 Å². The van der Waals surface area contributed by atoms with Crippen LogP contribution >= 0.6 is 0 Å². The number of nitrogens with zero attached hydrogens (tertiary/aromatic N) is 1. The number of carbonyl (C=O) groups excluding carboxylic acids is 1. The molecule has 3 nitrogen and oxygen atoms in total. The Hall–Kier alpha value is -2.36. The van der Waals surface area contributed by atoms with Crippen LogP contribution in [0.4, 0.5) is 15.8 Å². The van der Waals surface area contributed by atoms with Gasteiger partial charge in [-0.2, -0.15) is 0 Å². The van der Waals surface area contributed by atoms with Crippen molar-refractivity contribution in [2.75, 3.05) is 17.7 Å². The van der Waals surface area contributed by atoms with E-state index in [-0.39, 0.29) is 11.6 Å². The Balaban J connectivity index is 2.32. The van der Waals surface area contributed by atoms with E-state index < -0.39 is 5.82 Å². The second-order valence-corrected chi connectivity index (χ2v) is 3.94. The molecule has 0 aliphatic carbocycles. The lowest BCUT2D eigenvalue weighted by Crippen LogP contribution is -2.27. The summed E-state index contributed by atoms with van der Waals surface area (Å²) in [6.45, 7) is 0. The van der Waals surface area contributed by atoms with Gasteiger partial charge in [0.2, 0.25) is 0 Å². The summed E-state index contributed by atoms with van der Waals surface area (Å²) in [6, 6.07) is 12.7. The summed E-state index contributed by atoms with van der Waals surface area (Å²) in [6.07, 6.45) is 0. The summed E-state index contributed by atoms with van der Waals surface area (Å²) in [5.74, 6) is -0.732. The lowest BCUT2D eigenvalue weighted by atomic mass is 10.1. The number of nitrogen functional groups attached to an aromatic ring is 1. The second-order valence-electron chi connectivity index (χ2n) is 3.94. The first kappa shape index (κ1) is 12.1. The molecule has 0 bridgehead atoms. The predicted octanol–water partition coefficient (Wildman–Crippen LogP) is 2.68. The molecule has 0 aliphatic heterocycles. The van der Waals surface area contributed by atoms with Crippen molar-refractivity contribution in [3.8, 4) is 0 Å². The summed E-state index contributed by atoms with van der Waals surface area (Å²) in [5, 5.41) is 0. The summed E-state index contributed by atoms with van der Waals surface area (Å²) in [7, 11) is 1.53. The molecule has 2 N–H and O–H groups in total. The molecular weight excluding hydrogens is 231 g/mol. The molecule has 2 aromatic rings. The zero-order chi connectivity index (χ0) is 13.1. The number of benzene rings is 2. The standard InChI is InChI=1S/C14H13FN2O/c1-17(13-8-3-2-7-12(13)15)14(18)10-5-4-6-11(16)9-10/h2-9H,16H2,1H3. The first-order valence-electron chi connectivity index (χ1n) is 5.47. The molecule has 1 amide bonds. The van der Waals surface area contributed by atoms with E-state index in [9.17, 15) is 9.18 Å². The zero-order valence-corrected chi connectivity index (χ0v) is 9.93. The van der Waals surface area contributed by atoms with E-state index >= 15 is 0 Å². The lowest BCUT2D eigenvalue weighted by molar-refractivity contribution is 0.0992. The molecule has 0 fully saturated rings. The van der Waals surface area contributed by atoms with E-state index in [0.29, 0.717) is 11.3 Å². The average Bonchev–Trinajstić information content (AvgIpc) is 2.37. The molecule has 2 aromatic carbocycles. The van der Waals surface area contributed by atoms with Gasteiger partial charge in [-0.3, -0.25) is 4.79 Å². The molecule has 0 unspecified atom stereocenters. The van der Waals surface area contributed by atoms with Crippen molar-refractivity contribution < 1.29 is 9.18 Å². The van der Waals surface area contributed by atoms with E-state index in [1.165, 1.54) is 18.0 Å². The molecule has 0 heterocycles. The quantitative estimate of drug-likeness (QED) is 0.825. The smallest absolute Gasteiger partial charge is 0.258 e. The van der Waals surface area contributed by atoms with Crippen molar-refractivity contribution >= 4 is 17.3 Å². The van der Waals surface area contributed by atoms with Gasteiger partial charge < -0.3 is 10.6 Å². The number of hydrogen-bond donors (Lipinski definition) is 1. The molecular formula is C14H13FN2O. The third-order valence-corrected chi connectivity index (χ3v) is 2.65. The van der Waals surface area contributed by atoms with Gasteiger partial charge in [0.05, 0.1) is 5.69 Å². The third-order valence-electron chi connectivity index (χ3n) is 2.65. The molecule has 0 aliphatic rings. The fourth-order valence-corrected chi connectivity index (χ4v) is 1.70. The molecule has 0 spiro atoms. The average molecular weight is 244 g/mol. The summed E-state index contributed by atoms with van der Waals surface area (Å²) >= 11 is 0. The van der Waals surface area contributed by atoms with Crippen LogP contribution in [0.15, 0.2) is 48.5 Å². The minimum absolute atomic E-state index is 0.241. The first-order valence-corrected chi connectivity index (χ1v) is 5.47. The van der Waals surface area contributed by atoms with Gasteiger partial charge in [-0.15, -0.1) is 0 Å². The maximum Gasteiger partial charge on any atom is 0.258 e. The minimum atomic E-state index is -0.433. The predicted molar refractivity (Wildman–Crippen MR) is 70.0 cm³/mol. The van der Waals surface area contributed by atoms with Crippen LogP contribution in [0.3, 0.4) is 0 Å². The van der Waals surface area contributed by atoms with Crippen molar-refractivity contribution in [1.29, 1.82) is 0 Å². The Morgan fingerprint density at radius 3 is 2.56 bits per heavy atom. The summed E-state index contributed by atoms with van der Waals surface area (Å²) in [4.78, 5) is 13.4. The highest BCUT2D eigenvalue weighted by atomic mass is 19.1.